The molecule has 2 nitrogen and oxygen atoms in total. The first kappa shape index (κ1) is 14.3. The zero-order valence-corrected chi connectivity index (χ0v) is 9.72. The molecule has 0 bridgehead atoms. The van der Waals surface area contributed by atoms with E-state index in [0.717, 1.165) is 0 Å². The Morgan fingerprint density at radius 3 is 2.53 bits per heavy atom. The molecule has 0 amide bonds. The van der Waals surface area contributed by atoms with E-state index in [-0.39, 0.29) is 13.1 Å². The Balaban J connectivity index is 2.36. The van der Waals surface area contributed by atoms with Gasteiger partial charge in [0.1, 0.15) is 0 Å². The zero-order chi connectivity index (χ0) is 12.9. The first-order valence-corrected chi connectivity index (χ1v) is 5.48. The fraction of sp³-hybridized carbons (Fsp3) is 0.455. The topological polar surface area (TPSA) is 32.3 Å². The highest BCUT2D eigenvalue weighted by Crippen LogP contribution is 2.22. The van der Waals surface area contributed by atoms with Gasteiger partial charge in [-0.2, -0.15) is 13.2 Å². The average molecular weight is 268 g/mol. The monoisotopic (exact) mass is 267 g/mol. The van der Waals surface area contributed by atoms with E-state index in [9.17, 15) is 18.3 Å². The van der Waals surface area contributed by atoms with Crippen LogP contribution < -0.4 is 5.32 Å². The Morgan fingerprint density at radius 2 is 1.94 bits per heavy atom. The minimum Gasteiger partial charge on any atom is -0.387 e. The maximum Gasteiger partial charge on any atom is 0.390 e. The molecule has 0 heterocycles. The van der Waals surface area contributed by atoms with E-state index in [4.69, 9.17) is 11.6 Å². The minimum absolute atomic E-state index is 0.0415. The van der Waals surface area contributed by atoms with Gasteiger partial charge < -0.3 is 10.4 Å². The van der Waals surface area contributed by atoms with E-state index in [1.807, 2.05) is 0 Å². The first-order valence-electron chi connectivity index (χ1n) is 5.10. The molecule has 2 N–H and O–H groups in total. The molecule has 17 heavy (non-hydrogen) atoms. The third kappa shape index (κ3) is 5.39. The molecule has 0 aliphatic rings. The second-order valence-corrected chi connectivity index (χ2v) is 4.01. The summed E-state index contributed by atoms with van der Waals surface area (Å²) in [7, 11) is 0. The van der Waals surface area contributed by atoms with Crippen LogP contribution in [0.5, 0.6) is 0 Å². The number of aliphatic hydroxyl groups excluding tert-OH is 1. The van der Waals surface area contributed by atoms with Crippen molar-refractivity contribution in [2.45, 2.75) is 18.7 Å². The summed E-state index contributed by atoms with van der Waals surface area (Å²) in [6, 6.07) is 6.68. The quantitative estimate of drug-likeness (QED) is 0.804. The van der Waals surface area contributed by atoms with Gasteiger partial charge in [0.05, 0.1) is 12.5 Å². The molecule has 1 rings (SSSR count). The Hall–Kier alpha value is -0.780. The predicted octanol–water partition coefficient (Wildman–Crippen LogP) is 2.92. The van der Waals surface area contributed by atoms with Crippen LogP contribution in [0.25, 0.3) is 0 Å². The van der Waals surface area contributed by atoms with Crippen molar-refractivity contribution in [3.63, 3.8) is 0 Å². The number of alkyl halides is 3. The molecule has 0 saturated heterocycles. The van der Waals surface area contributed by atoms with Crippen molar-refractivity contribution in [3.8, 4) is 0 Å². The molecule has 1 aromatic rings. The van der Waals surface area contributed by atoms with Gasteiger partial charge in [-0.3, -0.25) is 0 Å². The van der Waals surface area contributed by atoms with Gasteiger partial charge in [-0.25, -0.2) is 0 Å². The lowest BCUT2D eigenvalue weighted by atomic mass is 10.1. The fourth-order valence-electron chi connectivity index (χ4n) is 1.32. The van der Waals surface area contributed by atoms with Crippen LogP contribution in [0.1, 0.15) is 18.1 Å². The lowest BCUT2D eigenvalue weighted by Gasteiger charge is -2.14. The van der Waals surface area contributed by atoms with Gasteiger partial charge >= 0.3 is 6.18 Å². The Bertz CT molecular complexity index is 357. The molecule has 0 aliphatic heterocycles. The van der Waals surface area contributed by atoms with Crippen molar-refractivity contribution in [2.24, 2.45) is 0 Å². The maximum absolute atomic E-state index is 11.8. The number of rotatable bonds is 5. The molecule has 1 aromatic carbocycles. The molecule has 0 spiro atoms. The summed E-state index contributed by atoms with van der Waals surface area (Å²) >= 11 is 5.84. The van der Waals surface area contributed by atoms with Crippen LogP contribution in [0.3, 0.4) is 0 Å². The minimum atomic E-state index is -4.18. The highest BCUT2D eigenvalue weighted by atomic mass is 35.5. The molecule has 0 aliphatic carbocycles. The molecule has 0 aromatic heterocycles. The molecular formula is C11H13ClF3NO. The number of hydrogen-bond acceptors (Lipinski definition) is 2. The zero-order valence-electron chi connectivity index (χ0n) is 8.97. The average Bonchev–Trinajstić information content (AvgIpc) is 2.23. The van der Waals surface area contributed by atoms with Crippen molar-refractivity contribution in [3.05, 3.63) is 34.9 Å². The standard InChI is InChI=1S/C11H13ClF3NO/c12-9-4-2-1-3-8(9)10(17)7-16-6-5-11(13,14)15/h1-4,10,16-17H,5-7H2. The summed E-state index contributed by atoms with van der Waals surface area (Å²) in [4.78, 5) is 0. The first-order chi connectivity index (χ1) is 7.90. The summed E-state index contributed by atoms with van der Waals surface area (Å²) in [5.74, 6) is 0. The van der Waals surface area contributed by atoms with Crippen LogP contribution in [0.15, 0.2) is 24.3 Å². The molecular weight excluding hydrogens is 255 g/mol. The van der Waals surface area contributed by atoms with Gasteiger partial charge in [0.15, 0.2) is 0 Å². The third-order valence-corrected chi connectivity index (χ3v) is 2.53. The molecule has 1 atom stereocenters. The van der Waals surface area contributed by atoms with Crippen LogP contribution in [-0.4, -0.2) is 24.4 Å². The number of hydrogen-bond donors (Lipinski definition) is 2. The molecule has 0 fully saturated rings. The van der Waals surface area contributed by atoms with Crippen LogP contribution in [-0.2, 0) is 0 Å². The maximum atomic E-state index is 11.8. The predicted molar refractivity (Wildman–Crippen MR) is 60.0 cm³/mol. The van der Waals surface area contributed by atoms with Gasteiger partial charge in [0, 0.05) is 23.7 Å². The van der Waals surface area contributed by atoms with E-state index in [1.54, 1.807) is 24.3 Å². The van der Waals surface area contributed by atoms with Gasteiger partial charge in [0.25, 0.3) is 0 Å². The third-order valence-electron chi connectivity index (χ3n) is 2.19. The van der Waals surface area contributed by atoms with Crippen molar-refractivity contribution < 1.29 is 18.3 Å². The number of benzene rings is 1. The van der Waals surface area contributed by atoms with E-state index in [2.05, 4.69) is 5.32 Å². The number of nitrogens with one attached hydrogen (secondary N) is 1. The van der Waals surface area contributed by atoms with Gasteiger partial charge in [-0.15, -0.1) is 0 Å². The van der Waals surface area contributed by atoms with Gasteiger partial charge in [0.2, 0.25) is 0 Å². The smallest absolute Gasteiger partial charge is 0.387 e. The highest BCUT2D eigenvalue weighted by molar-refractivity contribution is 6.31. The summed E-state index contributed by atoms with van der Waals surface area (Å²) in [5.41, 5.74) is 0.508. The Kier molecular flexibility index (Phi) is 5.24. The van der Waals surface area contributed by atoms with Crippen molar-refractivity contribution in [2.75, 3.05) is 13.1 Å². The van der Waals surface area contributed by atoms with Crippen LogP contribution in [0, 0.1) is 0 Å². The lowest BCUT2D eigenvalue weighted by Crippen LogP contribution is -2.26. The number of aliphatic hydroxyl groups is 1. The molecule has 0 radical (unpaired) electrons. The summed E-state index contributed by atoms with van der Waals surface area (Å²) in [6.07, 6.45) is -6.00. The highest BCUT2D eigenvalue weighted by Gasteiger charge is 2.26. The van der Waals surface area contributed by atoms with E-state index in [0.29, 0.717) is 10.6 Å². The molecule has 96 valence electrons. The lowest BCUT2D eigenvalue weighted by molar-refractivity contribution is -0.133. The van der Waals surface area contributed by atoms with Crippen LogP contribution >= 0.6 is 11.6 Å². The van der Waals surface area contributed by atoms with Gasteiger partial charge in [-0.05, 0) is 6.07 Å². The summed E-state index contributed by atoms with van der Waals surface area (Å²) in [6.45, 7) is -0.176. The second kappa shape index (κ2) is 6.23. The molecule has 0 saturated carbocycles. The van der Waals surface area contributed by atoms with Crippen LogP contribution in [0.4, 0.5) is 13.2 Å². The van der Waals surface area contributed by atoms with E-state index in [1.165, 1.54) is 0 Å². The normalized spacial score (nSPS) is 13.7. The summed E-state index contributed by atoms with van der Waals surface area (Å²) in [5, 5.41) is 12.6. The SMILES string of the molecule is OC(CNCCC(F)(F)F)c1ccccc1Cl. The van der Waals surface area contributed by atoms with Crippen LogP contribution in [0.2, 0.25) is 5.02 Å². The Labute approximate surface area is 102 Å². The number of halogens is 4. The molecule has 6 heteroatoms. The summed E-state index contributed by atoms with van der Waals surface area (Å²) < 4.78 is 35.5. The van der Waals surface area contributed by atoms with Crippen molar-refractivity contribution in [1.82, 2.24) is 5.32 Å². The fourth-order valence-corrected chi connectivity index (χ4v) is 1.59. The second-order valence-electron chi connectivity index (χ2n) is 3.61. The van der Waals surface area contributed by atoms with Gasteiger partial charge in [-0.1, -0.05) is 29.8 Å². The molecule has 1 unspecified atom stereocenters. The largest absolute Gasteiger partial charge is 0.390 e. The van der Waals surface area contributed by atoms with E-state index < -0.39 is 18.7 Å². The van der Waals surface area contributed by atoms with E-state index >= 15 is 0 Å². The van der Waals surface area contributed by atoms with Crippen molar-refractivity contribution >= 4 is 11.6 Å². The Morgan fingerprint density at radius 1 is 1.29 bits per heavy atom. The van der Waals surface area contributed by atoms with Crippen molar-refractivity contribution in [1.29, 1.82) is 0 Å².